The van der Waals surface area contributed by atoms with E-state index in [9.17, 15) is 0 Å². The van der Waals surface area contributed by atoms with E-state index in [4.69, 9.17) is 0 Å². The van der Waals surface area contributed by atoms with Gasteiger partial charge in [0.2, 0.25) is 0 Å². The van der Waals surface area contributed by atoms with Crippen molar-refractivity contribution in [2.45, 2.75) is 52.4 Å². The van der Waals surface area contributed by atoms with Crippen molar-refractivity contribution >= 4 is 17.2 Å². The van der Waals surface area contributed by atoms with Crippen molar-refractivity contribution in [3.8, 4) is 0 Å². The second kappa shape index (κ2) is 6.68. The van der Waals surface area contributed by atoms with Gasteiger partial charge in [-0.2, -0.15) is 0 Å². The van der Waals surface area contributed by atoms with Gasteiger partial charge in [0, 0.05) is 5.92 Å². The molecule has 2 aromatic carbocycles. The molecule has 0 nitrogen and oxygen atoms in total. The Morgan fingerprint density at radius 3 is 2.52 bits per heavy atom. The Bertz CT molecular complexity index is 958. The predicted octanol–water partition coefficient (Wildman–Crippen LogP) is 7.62. The van der Waals surface area contributed by atoms with E-state index < -0.39 is 0 Å². The molecule has 138 valence electrons. The Morgan fingerprint density at radius 1 is 1.00 bits per heavy atom. The summed E-state index contributed by atoms with van der Waals surface area (Å²) >= 11 is 0. The van der Waals surface area contributed by atoms with Crippen LogP contribution in [0.1, 0.15) is 74.8 Å². The molecule has 1 atom stereocenters. The Hall–Kier alpha value is -2.34. The number of fused-ring (bicyclic) bond motifs is 1. The number of allylic oxidation sites excluding steroid dienone is 5. The average molecular weight is 355 g/mol. The highest BCUT2D eigenvalue weighted by molar-refractivity contribution is 5.91. The molecule has 4 rings (SSSR count). The summed E-state index contributed by atoms with van der Waals surface area (Å²) in [6.07, 6.45) is 10.5. The zero-order chi connectivity index (χ0) is 19.2. The van der Waals surface area contributed by atoms with E-state index in [2.05, 4.69) is 101 Å². The first-order valence-corrected chi connectivity index (χ1v) is 10.2. The number of hydrogen-bond acceptors (Lipinski definition) is 0. The third-order valence-corrected chi connectivity index (χ3v) is 5.93. The van der Waals surface area contributed by atoms with E-state index >= 15 is 0 Å². The summed E-state index contributed by atoms with van der Waals surface area (Å²) < 4.78 is 0. The number of rotatable bonds is 3. The lowest BCUT2D eigenvalue weighted by Gasteiger charge is -2.23. The summed E-state index contributed by atoms with van der Waals surface area (Å²) in [5, 5.41) is 0. The average Bonchev–Trinajstić information content (AvgIpc) is 3.27. The molecule has 0 saturated carbocycles. The minimum absolute atomic E-state index is 0.157. The van der Waals surface area contributed by atoms with Crippen LogP contribution in [-0.4, -0.2) is 0 Å². The van der Waals surface area contributed by atoms with Crippen LogP contribution in [0.2, 0.25) is 0 Å². The first-order valence-electron chi connectivity index (χ1n) is 10.2. The Morgan fingerprint density at radius 2 is 1.78 bits per heavy atom. The van der Waals surface area contributed by atoms with Crippen LogP contribution in [0, 0.1) is 5.92 Å². The largest absolute Gasteiger partial charge is 0.0761 e. The molecule has 0 spiro atoms. The van der Waals surface area contributed by atoms with Crippen LogP contribution < -0.4 is 0 Å². The smallest absolute Gasteiger partial charge is 0.00502 e. The fourth-order valence-electron chi connectivity index (χ4n) is 4.43. The molecule has 0 aromatic heterocycles. The van der Waals surface area contributed by atoms with Gasteiger partial charge in [-0.15, -0.1) is 0 Å². The highest BCUT2D eigenvalue weighted by Crippen LogP contribution is 2.40. The first-order chi connectivity index (χ1) is 12.8. The van der Waals surface area contributed by atoms with Crippen LogP contribution >= 0.6 is 0 Å². The Balaban J connectivity index is 1.66. The molecule has 0 aliphatic heterocycles. The summed E-state index contributed by atoms with van der Waals surface area (Å²) in [5.74, 6) is 1.22. The van der Waals surface area contributed by atoms with Crippen molar-refractivity contribution in [1.29, 1.82) is 0 Å². The monoisotopic (exact) mass is 354 g/mol. The van der Waals surface area contributed by atoms with Crippen LogP contribution in [0.5, 0.6) is 0 Å². The standard InChI is InChI=1S/C27H30/c1-18(2)23-14-13-21-16-20(12-15-24(21)23)19-10-11-22(17-19)25-8-6-7-9-26(25)27(3,4)5/h6-10,12-18,23H,11H2,1-5H3. The summed E-state index contributed by atoms with van der Waals surface area (Å²) in [6, 6.07) is 15.9. The minimum atomic E-state index is 0.157. The zero-order valence-electron chi connectivity index (χ0n) is 17.2. The van der Waals surface area contributed by atoms with E-state index in [0.717, 1.165) is 6.42 Å². The third-order valence-electron chi connectivity index (χ3n) is 5.93. The van der Waals surface area contributed by atoms with Crippen molar-refractivity contribution in [3.05, 3.63) is 88.5 Å². The quantitative estimate of drug-likeness (QED) is 0.532. The minimum Gasteiger partial charge on any atom is -0.0761 e. The van der Waals surface area contributed by atoms with Gasteiger partial charge in [-0.1, -0.05) is 95.3 Å². The van der Waals surface area contributed by atoms with Gasteiger partial charge < -0.3 is 0 Å². The second-order valence-corrected chi connectivity index (χ2v) is 9.30. The molecule has 0 amide bonds. The fraction of sp³-hybridized carbons (Fsp3) is 0.333. The van der Waals surface area contributed by atoms with Crippen molar-refractivity contribution < 1.29 is 0 Å². The van der Waals surface area contributed by atoms with E-state index in [1.807, 2.05) is 0 Å². The van der Waals surface area contributed by atoms with E-state index in [0.29, 0.717) is 11.8 Å². The molecule has 1 unspecified atom stereocenters. The van der Waals surface area contributed by atoms with Gasteiger partial charge in [0.25, 0.3) is 0 Å². The predicted molar refractivity (Wildman–Crippen MR) is 119 cm³/mol. The molecule has 0 heterocycles. The van der Waals surface area contributed by atoms with Crippen molar-refractivity contribution in [3.63, 3.8) is 0 Å². The van der Waals surface area contributed by atoms with Crippen molar-refractivity contribution in [1.82, 2.24) is 0 Å². The van der Waals surface area contributed by atoms with Gasteiger partial charge in [-0.3, -0.25) is 0 Å². The van der Waals surface area contributed by atoms with Gasteiger partial charge in [-0.05, 0) is 62.8 Å². The van der Waals surface area contributed by atoms with Crippen LogP contribution in [0.25, 0.3) is 17.2 Å². The molecule has 0 saturated heterocycles. The van der Waals surface area contributed by atoms with Gasteiger partial charge in [0.05, 0.1) is 0 Å². The maximum Gasteiger partial charge on any atom is 0.00502 e. The van der Waals surface area contributed by atoms with Crippen molar-refractivity contribution in [2.24, 2.45) is 5.92 Å². The summed E-state index contributed by atoms with van der Waals surface area (Å²) in [6.45, 7) is 11.5. The van der Waals surface area contributed by atoms with Gasteiger partial charge in [-0.25, -0.2) is 0 Å². The number of benzene rings is 2. The second-order valence-electron chi connectivity index (χ2n) is 9.30. The van der Waals surface area contributed by atoms with E-state index in [1.54, 1.807) is 0 Å². The fourth-order valence-corrected chi connectivity index (χ4v) is 4.43. The summed E-state index contributed by atoms with van der Waals surface area (Å²) in [5.41, 5.74) is 10.00. The molecule has 2 aromatic rings. The lowest BCUT2D eigenvalue weighted by atomic mass is 9.81. The molecular formula is C27H30. The molecule has 27 heavy (non-hydrogen) atoms. The molecule has 0 heteroatoms. The van der Waals surface area contributed by atoms with Gasteiger partial charge in [0.1, 0.15) is 0 Å². The summed E-state index contributed by atoms with van der Waals surface area (Å²) in [4.78, 5) is 0. The van der Waals surface area contributed by atoms with Crippen LogP contribution in [0.3, 0.4) is 0 Å². The molecule has 2 aliphatic rings. The Kier molecular flexibility index (Phi) is 4.46. The molecule has 0 bridgehead atoms. The van der Waals surface area contributed by atoms with E-state index in [-0.39, 0.29) is 5.41 Å². The van der Waals surface area contributed by atoms with Gasteiger partial charge in [0.15, 0.2) is 0 Å². The molecular weight excluding hydrogens is 324 g/mol. The van der Waals surface area contributed by atoms with Crippen LogP contribution in [0.4, 0.5) is 0 Å². The molecule has 2 aliphatic carbocycles. The first kappa shape index (κ1) is 18.0. The maximum atomic E-state index is 2.39. The third kappa shape index (κ3) is 3.34. The van der Waals surface area contributed by atoms with E-state index in [1.165, 1.54) is 39.0 Å². The Labute approximate surface area is 164 Å². The lowest BCUT2D eigenvalue weighted by molar-refractivity contribution is 0.584. The zero-order valence-corrected chi connectivity index (χ0v) is 17.2. The van der Waals surface area contributed by atoms with Crippen LogP contribution in [-0.2, 0) is 5.41 Å². The van der Waals surface area contributed by atoms with Crippen LogP contribution in [0.15, 0.2) is 60.7 Å². The summed E-state index contributed by atoms with van der Waals surface area (Å²) in [7, 11) is 0. The molecule has 0 radical (unpaired) electrons. The number of hydrogen-bond donors (Lipinski definition) is 0. The normalized spacial score (nSPS) is 18.7. The topological polar surface area (TPSA) is 0 Å². The highest BCUT2D eigenvalue weighted by Gasteiger charge is 2.23. The van der Waals surface area contributed by atoms with Crippen molar-refractivity contribution in [2.75, 3.05) is 0 Å². The lowest BCUT2D eigenvalue weighted by Crippen LogP contribution is -2.13. The van der Waals surface area contributed by atoms with Gasteiger partial charge >= 0.3 is 0 Å². The SMILES string of the molecule is CC(C)C1C=Cc2cc(C3=CCC(c4ccccc4C(C)(C)C)=C3)ccc21. The molecule has 0 fully saturated rings. The highest BCUT2D eigenvalue weighted by atomic mass is 14.3. The molecule has 0 N–H and O–H groups in total. The maximum absolute atomic E-state index is 2.39.